The lowest BCUT2D eigenvalue weighted by atomic mass is 9.66. The summed E-state index contributed by atoms with van der Waals surface area (Å²) in [7, 11) is 0. The highest BCUT2D eigenvalue weighted by atomic mass is 16.4. The maximum atomic E-state index is 11.2. The molecule has 104 valence electrons. The molecule has 0 spiro atoms. The van der Waals surface area contributed by atoms with E-state index in [4.69, 9.17) is 0 Å². The first kappa shape index (κ1) is 13.9. The van der Waals surface area contributed by atoms with Crippen molar-refractivity contribution in [1.82, 2.24) is 5.32 Å². The molecule has 0 aromatic carbocycles. The van der Waals surface area contributed by atoms with E-state index in [9.17, 15) is 9.90 Å². The van der Waals surface area contributed by atoms with Gasteiger partial charge in [0.25, 0.3) is 0 Å². The second-order valence-corrected chi connectivity index (χ2v) is 7.20. The Labute approximate surface area is 110 Å². The van der Waals surface area contributed by atoms with Crippen molar-refractivity contribution in [2.24, 2.45) is 23.2 Å². The molecule has 0 aromatic heterocycles. The molecular weight excluding hydrogens is 226 g/mol. The van der Waals surface area contributed by atoms with E-state index in [2.05, 4.69) is 26.1 Å². The average Bonchev–Trinajstić information content (AvgIpc) is 2.77. The van der Waals surface area contributed by atoms with Crippen LogP contribution in [0, 0.1) is 23.2 Å². The fraction of sp³-hybridized carbons (Fsp3) is 0.933. The van der Waals surface area contributed by atoms with Gasteiger partial charge >= 0.3 is 5.97 Å². The standard InChI is InChI=1S/C15H27NO2/c1-15(2,3)11-6-4-10(5-7-11)12-8-9-16-13(12)14(17)18/h10-13,16H,4-9H2,1-3H3,(H,17,18). The Kier molecular flexibility index (Phi) is 4.00. The number of carboxylic acids is 1. The van der Waals surface area contributed by atoms with Crippen molar-refractivity contribution in [2.45, 2.75) is 58.9 Å². The van der Waals surface area contributed by atoms with Gasteiger partial charge in [0.15, 0.2) is 0 Å². The molecule has 1 aliphatic heterocycles. The van der Waals surface area contributed by atoms with Crippen LogP contribution in [0.25, 0.3) is 0 Å². The summed E-state index contributed by atoms with van der Waals surface area (Å²) in [6, 6.07) is -0.291. The van der Waals surface area contributed by atoms with Gasteiger partial charge in [0.1, 0.15) is 6.04 Å². The minimum atomic E-state index is -0.657. The molecule has 2 N–H and O–H groups in total. The number of hydrogen-bond donors (Lipinski definition) is 2. The topological polar surface area (TPSA) is 49.3 Å². The van der Waals surface area contributed by atoms with Gasteiger partial charge in [-0.3, -0.25) is 4.79 Å². The van der Waals surface area contributed by atoms with Crippen molar-refractivity contribution in [1.29, 1.82) is 0 Å². The Morgan fingerprint density at radius 3 is 2.22 bits per heavy atom. The lowest BCUT2D eigenvalue weighted by molar-refractivity contribution is -0.140. The maximum Gasteiger partial charge on any atom is 0.320 e. The van der Waals surface area contributed by atoms with Gasteiger partial charge in [0.2, 0.25) is 0 Å². The van der Waals surface area contributed by atoms with Crippen molar-refractivity contribution in [3.63, 3.8) is 0 Å². The van der Waals surface area contributed by atoms with Crippen molar-refractivity contribution in [2.75, 3.05) is 6.54 Å². The molecule has 2 fully saturated rings. The van der Waals surface area contributed by atoms with Gasteiger partial charge < -0.3 is 10.4 Å². The molecule has 1 saturated heterocycles. The third kappa shape index (κ3) is 2.87. The highest BCUT2D eigenvalue weighted by Crippen LogP contribution is 2.43. The molecule has 0 radical (unpaired) electrons. The summed E-state index contributed by atoms with van der Waals surface area (Å²) >= 11 is 0. The number of aliphatic carboxylic acids is 1. The minimum absolute atomic E-state index is 0.291. The van der Waals surface area contributed by atoms with Crippen LogP contribution < -0.4 is 5.32 Å². The molecule has 2 rings (SSSR count). The molecule has 3 nitrogen and oxygen atoms in total. The Bertz CT molecular complexity index is 300. The van der Waals surface area contributed by atoms with Gasteiger partial charge in [-0.1, -0.05) is 20.8 Å². The average molecular weight is 253 g/mol. The van der Waals surface area contributed by atoms with Gasteiger partial charge in [-0.15, -0.1) is 0 Å². The van der Waals surface area contributed by atoms with Gasteiger partial charge in [-0.05, 0) is 61.8 Å². The zero-order valence-corrected chi connectivity index (χ0v) is 11.9. The van der Waals surface area contributed by atoms with E-state index in [1.165, 1.54) is 25.7 Å². The van der Waals surface area contributed by atoms with Crippen LogP contribution in [0.1, 0.15) is 52.9 Å². The van der Waals surface area contributed by atoms with Crippen molar-refractivity contribution < 1.29 is 9.90 Å². The summed E-state index contributed by atoms with van der Waals surface area (Å²) in [6.07, 6.45) is 6.03. The molecule has 1 heterocycles. The fourth-order valence-electron chi connectivity index (χ4n) is 3.92. The molecular formula is C15H27NO2. The summed E-state index contributed by atoms with van der Waals surface area (Å²) in [5.41, 5.74) is 0.408. The number of rotatable bonds is 2. The van der Waals surface area contributed by atoms with Crippen LogP contribution >= 0.6 is 0 Å². The summed E-state index contributed by atoms with van der Waals surface area (Å²) in [5, 5.41) is 12.4. The molecule has 2 unspecified atom stereocenters. The lowest BCUT2D eigenvalue weighted by Crippen LogP contribution is -2.40. The molecule has 18 heavy (non-hydrogen) atoms. The molecule has 2 aliphatic rings. The third-order valence-corrected chi connectivity index (χ3v) is 5.14. The van der Waals surface area contributed by atoms with E-state index in [0.717, 1.165) is 18.9 Å². The van der Waals surface area contributed by atoms with Gasteiger partial charge in [0, 0.05) is 0 Å². The Balaban J connectivity index is 1.91. The van der Waals surface area contributed by atoms with Gasteiger partial charge in [0.05, 0.1) is 0 Å². The van der Waals surface area contributed by atoms with E-state index < -0.39 is 5.97 Å². The van der Waals surface area contributed by atoms with E-state index in [1.54, 1.807) is 0 Å². The SMILES string of the molecule is CC(C)(C)C1CCC(C2CCNC2C(=O)O)CC1. The second-order valence-electron chi connectivity index (χ2n) is 7.20. The molecule has 0 aromatic rings. The van der Waals surface area contributed by atoms with Crippen LogP contribution in [0.3, 0.4) is 0 Å². The van der Waals surface area contributed by atoms with Crippen LogP contribution in [-0.4, -0.2) is 23.7 Å². The summed E-state index contributed by atoms with van der Waals surface area (Å²) in [6.45, 7) is 7.86. The minimum Gasteiger partial charge on any atom is -0.480 e. The predicted molar refractivity (Wildman–Crippen MR) is 72.4 cm³/mol. The van der Waals surface area contributed by atoms with Crippen molar-refractivity contribution in [3.8, 4) is 0 Å². The number of hydrogen-bond acceptors (Lipinski definition) is 2. The van der Waals surface area contributed by atoms with E-state index in [-0.39, 0.29) is 6.04 Å². The van der Waals surface area contributed by atoms with Crippen LogP contribution in [0.2, 0.25) is 0 Å². The number of nitrogens with one attached hydrogen (secondary N) is 1. The molecule has 0 bridgehead atoms. The van der Waals surface area contributed by atoms with Crippen molar-refractivity contribution >= 4 is 5.97 Å². The van der Waals surface area contributed by atoms with Crippen molar-refractivity contribution in [3.05, 3.63) is 0 Å². The Hall–Kier alpha value is -0.570. The van der Waals surface area contributed by atoms with Gasteiger partial charge in [-0.2, -0.15) is 0 Å². The van der Waals surface area contributed by atoms with Crippen LogP contribution in [0.4, 0.5) is 0 Å². The Morgan fingerprint density at radius 1 is 1.11 bits per heavy atom. The van der Waals surface area contributed by atoms with E-state index in [1.807, 2.05) is 0 Å². The zero-order valence-electron chi connectivity index (χ0n) is 11.9. The Morgan fingerprint density at radius 2 is 1.72 bits per heavy atom. The maximum absolute atomic E-state index is 11.2. The lowest BCUT2D eigenvalue weighted by Gasteiger charge is -2.39. The fourth-order valence-corrected chi connectivity index (χ4v) is 3.92. The van der Waals surface area contributed by atoms with E-state index in [0.29, 0.717) is 17.3 Å². The highest BCUT2D eigenvalue weighted by molar-refractivity contribution is 5.74. The molecule has 1 saturated carbocycles. The molecule has 0 amide bonds. The first-order valence-electron chi connectivity index (χ1n) is 7.36. The number of carbonyl (C=O) groups is 1. The molecule has 3 heteroatoms. The second kappa shape index (κ2) is 5.20. The predicted octanol–water partition coefficient (Wildman–Crippen LogP) is 2.90. The smallest absolute Gasteiger partial charge is 0.320 e. The number of carboxylic acid groups (broad SMARTS) is 1. The quantitative estimate of drug-likeness (QED) is 0.795. The van der Waals surface area contributed by atoms with Crippen LogP contribution in [0.5, 0.6) is 0 Å². The van der Waals surface area contributed by atoms with Gasteiger partial charge in [-0.25, -0.2) is 0 Å². The largest absolute Gasteiger partial charge is 0.480 e. The molecule has 1 aliphatic carbocycles. The van der Waals surface area contributed by atoms with E-state index >= 15 is 0 Å². The summed E-state index contributed by atoms with van der Waals surface area (Å²) in [5.74, 6) is 1.14. The summed E-state index contributed by atoms with van der Waals surface area (Å²) in [4.78, 5) is 11.2. The first-order chi connectivity index (χ1) is 8.39. The monoisotopic (exact) mass is 253 g/mol. The summed E-state index contributed by atoms with van der Waals surface area (Å²) < 4.78 is 0. The highest BCUT2D eigenvalue weighted by Gasteiger charge is 2.40. The zero-order chi connectivity index (χ0) is 13.3. The van der Waals surface area contributed by atoms with Crippen LogP contribution in [0.15, 0.2) is 0 Å². The normalized spacial score (nSPS) is 37.7. The third-order valence-electron chi connectivity index (χ3n) is 5.14. The molecule has 2 atom stereocenters. The first-order valence-corrected chi connectivity index (χ1v) is 7.36. The van der Waals surface area contributed by atoms with Crippen LogP contribution in [-0.2, 0) is 4.79 Å².